The zero-order chi connectivity index (χ0) is 22.6. The minimum atomic E-state index is -1.38. The standard InChI is InChI=1S/C19H24N6O4S2/c1-8-11(14(18(28)29)25-13(8)12(9(2)26)15(25)27)10-6-24-7-23(3)16(17(24)31-10)30-5-4-22-19(20)21/h6-9,12-13,26H,4-5H2,1-3H3,(H4-,20,21,22,28,29)/t8-,9+,12+,13+/m0/s1. The Bertz CT molecular complexity index is 1120. The third-order valence-corrected chi connectivity index (χ3v) is 8.22. The summed E-state index contributed by atoms with van der Waals surface area (Å²) in [6.45, 7) is 4.00. The molecule has 2 aliphatic heterocycles. The van der Waals surface area contributed by atoms with Gasteiger partial charge in [-0.15, -0.1) is 0 Å². The minimum Gasteiger partial charge on any atom is -0.543 e. The summed E-state index contributed by atoms with van der Waals surface area (Å²) < 4.78 is 3.93. The van der Waals surface area contributed by atoms with Gasteiger partial charge in [0.25, 0.3) is 0 Å². The van der Waals surface area contributed by atoms with Crippen molar-refractivity contribution in [1.82, 2.24) is 14.8 Å². The summed E-state index contributed by atoms with van der Waals surface area (Å²) in [5.41, 5.74) is 5.80. The molecular weight excluding hydrogens is 440 g/mol. The predicted octanol–water partition coefficient (Wildman–Crippen LogP) is -1.28. The van der Waals surface area contributed by atoms with Gasteiger partial charge in [-0.05, 0) is 6.92 Å². The Morgan fingerprint density at radius 3 is 2.87 bits per heavy atom. The first-order chi connectivity index (χ1) is 14.6. The summed E-state index contributed by atoms with van der Waals surface area (Å²) in [6.07, 6.45) is 2.94. The van der Waals surface area contributed by atoms with Crippen LogP contribution in [0.2, 0.25) is 0 Å². The van der Waals surface area contributed by atoms with Crippen molar-refractivity contribution in [3.63, 3.8) is 0 Å². The van der Waals surface area contributed by atoms with Gasteiger partial charge in [-0.25, -0.2) is 4.57 Å². The number of nitrogens with zero attached hydrogens (tertiary/aromatic N) is 3. The number of thiazole rings is 1. The summed E-state index contributed by atoms with van der Waals surface area (Å²) in [4.78, 5) is 27.5. The minimum absolute atomic E-state index is 0.0722. The number of hydrogen-bond acceptors (Lipinski definition) is 7. The van der Waals surface area contributed by atoms with Crippen LogP contribution < -0.4 is 20.6 Å². The smallest absolute Gasteiger partial charge is 0.250 e. The Morgan fingerprint density at radius 1 is 1.55 bits per heavy atom. The zero-order valence-corrected chi connectivity index (χ0v) is 18.9. The number of aliphatic hydroxyl groups is 1. The molecule has 4 atom stereocenters. The van der Waals surface area contributed by atoms with Crippen LogP contribution in [0, 0.1) is 17.2 Å². The van der Waals surface area contributed by atoms with Crippen molar-refractivity contribution in [1.29, 1.82) is 5.41 Å². The monoisotopic (exact) mass is 464 g/mol. The van der Waals surface area contributed by atoms with Crippen LogP contribution >= 0.6 is 23.1 Å². The Kier molecular flexibility index (Phi) is 5.48. The molecule has 0 spiro atoms. The number of fused-ring (bicyclic) bond motifs is 2. The van der Waals surface area contributed by atoms with Crippen molar-refractivity contribution in [2.24, 2.45) is 24.6 Å². The first kappa shape index (κ1) is 21.7. The number of carbonyl (C=O) groups excluding carboxylic acids is 2. The van der Waals surface area contributed by atoms with Crippen molar-refractivity contribution < 1.29 is 24.2 Å². The third-order valence-electron chi connectivity index (χ3n) is 5.79. The van der Waals surface area contributed by atoms with Crippen LogP contribution in [-0.4, -0.2) is 56.9 Å². The summed E-state index contributed by atoms with van der Waals surface area (Å²) in [5.74, 6) is -1.97. The molecule has 1 saturated heterocycles. The SMILES string of the molecule is C[C@@H](O)[C@H]1C(=O)N2C(C(=O)[O-])=C(c3c[n+]4cn(C)c(SCCNC(=N)N)c4s3)[C@H](C)[C@H]12. The maximum Gasteiger partial charge on any atom is 0.250 e. The second-order valence-electron chi connectivity index (χ2n) is 7.83. The van der Waals surface area contributed by atoms with Crippen LogP contribution in [0.3, 0.4) is 0 Å². The average Bonchev–Trinajstić information content (AvgIpc) is 3.26. The van der Waals surface area contributed by atoms with Crippen molar-refractivity contribution in [3.8, 4) is 0 Å². The topological polar surface area (TPSA) is 152 Å². The van der Waals surface area contributed by atoms with Gasteiger partial charge in [0.2, 0.25) is 22.1 Å². The van der Waals surface area contributed by atoms with Gasteiger partial charge >= 0.3 is 0 Å². The number of carbonyl (C=O) groups is 2. The van der Waals surface area contributed by atoms with Crippen molar-refractivity contribution in [2.45, 2.75) is 31.0 Å². The van der Waals surface area contributed by atoms with Crippen LogP contribution in [0.15, 0.2) is 23.2 Å². The number of guanidine groups is 1. The van der Waals surface area contributed by atoms with E-state index in [-0.39, 0.29) is 29.5 Å². The van der Waals surface area contributed by atoms with E-state index in [0.29, 0.717) is 17.9 Å². The molecule has 4 heterocycles. The number of aliphatic hydroxyl groups excluding tert-OH is 1. The molecule has 0 saturated carbocycles. The average molecular weight is 465 g/mol. The number of imidazole rings is 1. The highest BCUT2D eigenvalue weighted by molar-refractivity contribution is 7.99. The molecule has 0 aromatic carbocycles. The molecule has 0 aliphatic carbocycles. The number of nitrogens with two attached hydrogens (primary N) is 1. The molecule has 12 heteroatoms. The Labute approximate surface area is 186 Å². The second-order valence-corrected chi connectivity index (χ2v) is 9.95. The van der Waals surface area contributed by atoms with E-state index in [1.165, 1.54) is 16.2 Å². The maximum absolute atomic E-state index is 12.5. The van der Waals surface area contributed by atoms with E-state index >= 15 is 0 Å². The second kappa shape index (κ2) is 7.84. The fourth-order valence-corrected chi connectivity index (χ4v) is 6.89. The zero-order valence-electron chi connectivity index (χ0n) is 17.3. The first-order valence-corrected chi connectivity index (χ1v) is 11.6. The molecule has 1 amide bonds. The number of amides is 1. The molecule has 2 aliphatic rings. The largest absolute Gasteiger partial charge is 0.543 e. The number of carboxylic acids is 1. The first-order valence-electron chi connectivity index (χ1n) is 9.81. The van der Waals surface area contributed by atoms with E-state index in [9.17, 15) is 19.8 Å². The summed E-state index contributed by atoms with van der Waals surface area (Å²) in [5, 5.41) is 33.0. The van der Waals surface area contributed by atoms with Gasteiger partial charge in [0, 0.05) is 23.8 Å². The van der Waals surface area contributed by atoms with Gasteiger partial charge in [-0.2, -0.15) is 4.40 Å². The molecule has 0 radical (unpaired) electrons. The van der Waals surface area contributed by atoms with E-state index in [4.69, 9.17) is 11.1 Å². The Morgan fingerprint density at radius 2 is 2.26 bits per heavy atom. The molecular formula is C19H24N6O4S2. The lowest BCUT2D eigenvalue weighted by Crippen LogP contribution is -2.64. The van der Waals surface area contributed by atoms with Gasteiger partial charge in [0.15, 0.2) is 5.96 Å². The highest BCUT2D eigenvalue weighted by Crippen LogP contribution is 2.51. The molecule has 2 aromatic heterocycles. The molecule has 1 fully saturated rings. The van der Waals surface area contributed by atoms with Gasteiger partial charge in [0.05, 0.1) is 41.7 Å². The number of thioether (sulfide) groups is 1. The number of aromatic nitrogens is 2. The lowest BCUT2D eigenvalue weighted by atomic mass is 9.77. The molecule has 5 N–H and O–H groups in total. The molecule has 31 heavy (non-hydrogen) atoms. The van der Waals surface area contributed by atoms with Crippen molar-refractivity contribution in [2.75, 3.05) is 12.3 Å². The normalized spacial score (nSPS) is 23.8. The van der Waals surface area contributed by atoms with E-state index < -0.39 is 18.0 Å². The third kappa shape index (κ3) is 3.38. The van der Waals surface area contributed by atoms with Gasteiger partial charge in [0.1, 0.15) is 6.20 Å². The quantitative estimate of drug-likeness (QED) is 0.0994. The molecule has 0 bridgehead atoms. The van der Waals surface area contributed by atoms with Crippen LogP contribution in [0.5, 0.6) is 0 Å². The predicted molar refractivity (Wildman–Crippen MR) is 114 cm³/mol. The summed E-state index contributed by atoms with van der Waals surface area (Å²) in [7, 11) is 1.93. The Balaban J connectivity index is 1.69. The number of β-lactam (4-membered cyclic amide) rings is 1. The fraction of sp³-hybridized carbons (Fsp3) is 0.474. The fourth-order valence-electron chi connectivity index (χ4n) is 4.50. The molecule has 10 nitrogen and oxygen atoms in total. The lowest BCUT2D eigenvalue weighted by Gasteiger charge is -2.47. The van der Waals surface area contributed by atoms with E-state index in [0.717, 1.165) is 14.7 Å². The van der Waals surface area contributed by atoms with Crippen LogP contribution in [0.1, 0.15) is 18.7 Å². The van der Waals surface area contributed by atoms with Crippen LogP contribution in [0.25, 0.3) is 10.4 Å². The summed E-state index contributed by atoms with van der Waals surface area (Å²) >= 11 is 3.06. The Hall–Kier alpha value is -2.57. The highest BCUT2D eigenvalue weighted by atomic mass is 32.2. The lowest BCUT2D eigenvalue weighted by molar-refractivity contribution is -0.508. The van der Waals surface area contributed by atoms with Gasteiger partial charge < -0.3 is 31.0 Å². The molecule has 2 aromatic rings. The van der Waals surface area contributed by atoms with Crippen molar-refractivity contribution >= 4 is 51.3 Å². The van der Waals surface area contributed by atoms with Crippen LogP contribution in [-0.2, 0) is 16.6 Å². The van der Waals surface area contributed by atoms with Gasteiger partial charge in [-0.1, -0.05) is 30.0 Å². The van der Waals surface area contributed by atoms with E-state index in [1.807, 2.05) is 35.5 Å². The molecule has 0 unspecified atom stereocenters. The van der Waals surface area contributed by atoms with Gasteiger partial charge in [-0.3, -0.25) is 10.2 Å². The molecule has 4 rings (SSSR count). The maximum atomic E-state index is 12.5. The van der Waals surface area contributed by atoms with Crippen molar-refractivity contribution in [3.05, 3.63) is 23.1 Å². The molecule has 166 valence electrons. The van der Waals surface area contributed by atoms with E-state index in [1.54, 1.807) is 18.7 Å². The summed E-state index contributed by atoms with van der Waals surface area (Å²) in [6, 6.07) is -0.375. The number of aryl methyl sites for hydroxylation is 1. The number of nitrogens with one attached hydrogen (secondary N) is 2. The van der Waals surface area contributed by atoms with Crippen LogP contribution in [0.4, 0.5) is 0 Å². The number of carboxylic acid groups (broad SMARTS) is 1. The number of hydrogen-bond donors (Lipinski definition) is 4. The van der Waals surface area contributed by atoms with E-state index in [2.05, 4.69) is 5.32 Å². The number of aliphatic carboxylic acids is 1. The highest BCUT2D eigenvalue weighted by Gasteiger charge is 2.59. The number of rotatable bonds is 7.